The lowest BCUT2D eigenvalue weighted by atomic mass is 9.94. The zero-order chi connectivity index (χ0) is 18.5. The molecule has 2 aromatic carbocycles. The van der Waals surface area contributed by atoms with Crippen LogP contribution in [-0.2, 0) is 27.3 Å². The van der Waals surface area contributed by atoms with Crippen LogP contribution in [0.2, 0.25) is 0 Å². The number of amides is 1. The van der Waals surface area contributed by atoms with Gasteiger partial charge in [-0.3, -0.25) is 4.79 Å². The van der Waals surface area contributed by atoms with E-state index in [2.05, 4.69) is 5.32 Å². The molecule has 0 saturated carbocycles. The fraction of sp³-hybridized carbons (Fsp3) is 0.300. The summed E-state index contributed by atoms with van der Waals surface area (Å²) in [5.74, 6) is 0.236. The van der Waals surface area contributed by atoms with Gasteiger partial charge in [0, 0.05) is 23.7 Å². The van der Waals surface area contributed by atoms with E-state index in [1.807, 2.05) is 36.4 Å². The average molecular weight is 355 g/mol. The van der Waals surface area contributed by atoms with Gasteiger partial charge in [-0.05, 0) is 17.7 Å². The predicted octanol–water partition coefficient (Wildman–Crippen LogP) is 0.817. The Labute approximate surface area is 152 Å². The van der Waals surface area contributed by atoms with Gasteiger partial charge in [-0.2, -0.15) is 0 Å². The highest BCUT2D eigenvalue weighted by Crippen LogP contribution is 2.17. The van der Waals surface area contributed by atoms with Crippen molar-refractivity contribution in [2.24, 2.45) is 0 Å². The van der Waals surface area contributed by atoms with E-state index < -0.39 is 0 Å². The molecule has 136 valence electrons. The van der Waals surface area contributed by atoms with Gasteiger partial charge in [0.25, 0.3) is 5.91 Å². The summed E-state index contributed by atoms with van der Waals surface area (Å²) in [7, 11) is 2.97. The lowest BCUT2D eigenvalue weighted by molar-refractivity contribution is -0.924. The second-order valence-electron chi connectivity index (χ2n) is 6.34. The number of esters is 1. The molecule has 0 bridgehead atoms. The summed E-state index contributed by atoms with van der Waals surface area (Å²) in [6.45, 7) is 0.798. The van der Waals surface area contributed by atoms with E-state index in [1.54, 1.807) is 19.2 Å². The Hall–Kier alpha value is -2.86. The number of carbonyl (C=O) groups is 2. The van der Waals surface area contributed by atoms with Crippen molar-refractivity contribution in [1.29, 1.82) is 0 Å². The summed E-state index contributed by atoms with van der Waals surface area (Å²) in [4.78, 5) is 25.6. The minimum Gasteiger partial charge on any atom is -0.497 e. The fourth-order valence-corrected chi connectivity index (χ4v) is 3.35. The molecule has 0 fully saturated rings. The third kappa shape index (κ3) is 4.03. The van der Waals surface area contributed by atoms with E-state index in [-0.39, 0.29) is 24.5 Å². The third-order valence-electron chi connectivity index (χ3n) is 4.68. The standard InChI is InChI=1S/C20H22N2O4/c1-25-17-9-5-8-16(11-17)21-19(23)13-22-12-15-7-4-3-6-14(15)10-18(22)20(24)26-2/h3-9,11,18H,10,12-13H2,1-2H3,(H,21,23)/p+1/t18-/m1/s1. The molecule has 0 aromatic heterocycles. The number of quaternary nitrogens is 1. The molecule has 1 aliphatic heterocycles. The number of rotatable bonds is 5. The quantitative estimate of drug-likeness (QED) is 0.779. The highest BCUT2D eigenvalue weighted by molar-refractivity contribution is 5.91. The zero-order valence-electron chi connectivity index (χ0n) is 15.0. The summed E-state index contributed by atoms with van der Waals surface area (Å²) >= 11 is 0. The first-order valence-corrected chi connectivity index (χ1v) is 8.54. The Kier molecular flexibility index (Phi) is 5.53. The van der Waals surface area contributed by atoms with E-state index in [1.165, 1.54) is 7.11 Å². The number of ether oxygens (including phenoxy) is 2. The monoisotopic (exact) mass is 355 g/mol. The maximum absolute atomic E-state index is 12.5. The fourth-order valence-electron chi connectivity index (χ4n) is 3.35. The van der Waals surface area contributed by atoms with Gasteiger partial charge < -0.3 is 19.7 Å². The van der Waals surface area contributed by atoms with Crippen molar-refractivity contribution in [2.45, 2.75) is 19.0 Å². The summed E-state index contributed by atoms with van der Waals surface area (Å²) in [6, 6.07) is 14.8. The van der Waals surface area contributed by atoms with E-state index >= 15 is 0 Å². The van der Waals surface area contributed by atoms with E-state index in [0.29, 0.717) is 24.4 Å². The lowest BCUT2D eigenvalue weighted by Crippen LogP contribution is -3.17. The third-order valence-corrected chi connectivity index (χ3v) is 4.68. The molecular weight excluding hydrogens is 332 g/mol. The number of anilines is 1. The molecule has 26 heavy (non-hydrogen) atoms. The first kappa shape index (κ1) is 17.9. The van der Waals surface area contributed by atoms with Gasteiger partial charge in [-0.15, -0.1) is 0 Å². The van der Waals surface area contributed by atoms with Gasteiger partial charge in [-0.25, -0.2) is 4.79 Å². The summed E-state index contributed by atoms with van der Waals surface area (Å²) in [5.41, 5.74) is 2.97. The molecule has 1 amide bonds. The summed E-state index contributed by atoms with van der Waals surface area (Å²) in [6.07, 6.45) is 0.574. The number of hydrogen-bond donors (Lipinski definition) is 2. The number of nitrogens with one attached hydrogen (secondary N) is 2. The maximum Gasteiger partial charge on any atom is 0.365 e. The number of carbonyl (C=O) groups excluding carboxylic acids is 2. The van der Waals surface area contributed by atoms with Crippen LogP contribution < -0.4 is 15.0 Å². The minimum absolute atomic E-state index is 0.151. The molecule has 0 saturated heterocycles. The van der Waals surface area contributed by atoms with Crippen LogP contribution in [0.4, 0.5) is 5.69 Å². The molecule has 1 unspecified atom stereocenters. The van der Waals surface area contributed by atoms with Gasteiger partial charge in [0.15, 0.2) is 12.6 Å². The van der Waals surface area contributed by atoms with Gasteiger partial charge in [0.2, 0.25) is 0 Å². The smallest absolute Gasteiger partial charge is 0.365 e. The topological polar surface area (TPSA) is 69.1 Å². The van der Waals surface area contributed by atoms with Crippen LogP contribution in [0.3, 0.4) is 0 Å². The molecule has 0 aliphatic carbocycles. The minimum atomic E-state index is -0.383. The molecule has 2 aromatic rings. The Balaban J connectivity index is 1.73. The number of fused-ring (bicyclic) bond motifs is 1. The second kappa shape index (κ2) is 8.01. The first-order chi connectivity index (χ1) is 12.6. The van der Waals surface area contributed by atoms with Crippen LogP contribution in [0, 0.1) is 0 Å². The van der Waals surface area contributed by atoms with E-state index in [9.17, 15) is 9.59 Å². The molecule has 2 atom stereocenters. The second-order valence-corrected chi connectivity index (χ2v) is 6.34. The molecule has 1 aliphatic rings. The van der Waals surface area contributed by atoms with Crippen LogP contribution in [-0.4, -0.2) is 38.7 Å². The molecular formula is C20H23N2O4+. The van der Waals surface area contributed by atoms with Crippen LogP contribution in [0.25, 0.3) is 0 Å². The normalized spacial score (nSPS) is 18.5. The van der Waals surface area contributed by atoms with Gasteiger partial charge in [0.1, 0.15) is 12.3 Å². The molecule has 1 heterocycles. The first-order valence-electron chi connectivity index (χ1n) is 8.54. The highest BCUT2D eigenvalue weighted by atomic mass is 16.5. The molecule has 6 nitrogen and oxygen atoms in total. The number of methoxy groups -OCH3 is 2. The van der Waals surface area contributed by atoms with Crippen LogP contribution in [0.1, 0.15) is 11.1 Å². The highest BCUT2D eigenvalue weighted by Gasteiger charge is 2.37. The summed E-state index contributed by atoms with van der Waals surface area (Å²) in [5, 5.41) is 2.87. The molecule has 6 heteroatoms. The Morgan fingerprint density at radius 3 is 2.62 bits per heavy atom. The van der Waals surface area contributed by atoms with Crippen molar-refractivity contribution in [2.75, 3.05) is 26.1 Å². The van der Waals surface area contributed by atoms with Crippen molar-refractivity contribution in [3.8, 4) is 5.75 Å². The lowest BCUT2D eigenvalue weighted by Gasteiger charge is -2.31. The molecule has 3 rings (SSSR count). The maximum atomic E-state index is 12.5. The van der Waals surface area contributed by atoms with Gasteiger partial charge in [0.05, 0.1) is 14.2 Å². The Bertz CT molecular complexity index is 806. The van der Waals surface area contributed by atoms with E-state index in [4.69, 9.17) is 9.47 Å². The molecule has 2 N–H and O–H groups in total. The zero-order valence-corrected chi connectivity index (χ0v) is 15.0. The van der Waals surface area contributed by atoms with Crippen molar-refractivity contribution in [1.82, 2.24) is 0 Å². The van der Waals surface area contributed by atoms with Crippen LogP contribution in [0.15, 0.2) is 48.5 Å². The number of hydrogen-bond acceptors (Lipinski definition) is 4. The predicted molar refractivity (Wildman–Crippen MR) is 97.1 cm³/mol. The van der Waals surface area contributed by atoms with Crippen molar-refractivity contribution < 1.29 is 24.0 Å². The molecule has 0 spiro atoms. The van der Waals surface area contributed by atoms with Crippen molar-refractivity contribution in [3.63, 3.8) is 0 Å². The summed E-state index contributed by atoms with van der Waals surface area (Å²) < 4.78 is 10.1. The largest absolute Gasteiger partial charge is 0.497 e. The Morgan fingerprint density at radius 1 is 1.12 bits per heavy atom. The van der Waals surface area contributed by atoms with Crippen LogP contribution in [0.5, 0.6) is 5.75 Å². The average Bonchev–Trinajstić information content (AvgIpc) is 2.66. The van der Waals surface area contributed by atoms with Crippen molar-refractivity contribution in [3.05, 3.63) is 59.7 Å². The van der Waals surface area contributed by atoms with E-state index in [0.717, 1.165) is 16.0 Å². The van der Waals surface area contributed by atoms with Gasteiger partial charge in [-0.1, -0.05) is 30.3 Å². The SMILES string of the molecule is COC(=O)[C@H]1Cc2ccccc2C[NH+]1CC(=O)Nc1cccc(OC)c1. The molecule has 0 radical (unpaired) electrons. The number of benzene rings is 2. The van der Waals surface area contributed by atoms with Gasteiger partial charge >= 0.3 is 5.97 Å². The Morgan fingerprint density at radius 2 is 1.88 bits per heavy atom. The van der Waals surface area contributed by atoms with Crippen molar-refractivity contribution >= 4 is 17.6 Å². The van der Waals surface area contributed by atoms with Crippen LogP contribution >= 0.6 is 0 Å².